The molecule has 1 unspecified atom stereocenters. The number of nitrogens with zero attached hydrogens (tertiary/aromatic N) is 1. The van der Waals surface area contributed by atoms with E-state index in [4.69, 9.17) is 0 Å². The van der Waals surface area contributed by atoms with E-state index in [2.05, 4.69) is 15.5 Å². The van der Waals surface area contributed by atoms with Crippen molar-refractivity contribution in [3.63, 3.8) is 0 Å². The molecule has 0 radical (unpaired) electrons. The number of carboxylic acids is 1. The SMILES string of the molecule is CC1Cc2c(-c3ccn[nH]3)sc(SC3(C(=O)O)CCCC3)c2C(=O)N1. The third-order valence-corrected chi connectivity index (χ3v) is 7.85. The maximum atomic E-state index is 12.7. The van der Waals surface area contributed by atoms with Crippen molar-refractivity contribution in [2.24, 2.45) is 0 Å². The summed E-state index contributed by atoms with van der Waals surface area (Å²) >= 11 is 2.88. The van der Waals surface area contributed by atoms with E-state index in [1.807, 2.05) is 13.0 Å². The van der Waals surface area contributed by atoms with Crippen molar-refractivity contribution in [1.29, 1.82) is 0 Å². The molecule has 3 N–H and O–H groups in total. The fourth-order valence-electron chi connectivity index (χ4n) is 3.67. The first kappa shape index (κ1) is 16.7. The summed E-state index contributed by atoms with van der Waals surface area (Å²) in [7, 11) is 0. The topological polar surface area (TPSA) is 95.1 Å². The number of hydrogen-bond acceptors (Lipinski definition) is 5. The van der Waals surface area contributed by atoms with E-state index in [0.29, 0.717) is 18.4 Å². The van der Waals surface area contributed by atoms with E-state index in [1.165, 1.54) is 23.1 Å². The second-order valence-corrected chi connectivity index (χ2v) is 9.40. The lowest BCUT2D eigenvalue weighted by Gasteiger charge is -2.25. The summed E-state index contributed by atoms with van der Waals surface area (Å²) in [6, 6.07) is 1.95. The minimum atomic E-state index is -0.812. The highest BCUT2D eigenvalue weighted by molar-refractivity contribution is 8.03. The highest BCUT2D eigenvalue weighted by Gasteiger charge is 2.44. The Kier molecular flexibility index (Phi) is 4.11. The second kappa shape index (κ2) is 6.17. The Bertz CT molecular complexity index is 823. The highest BCUT2D eigenvalue weighted by atomic mass is 32.2. The Morgan fingerprint density at radius 1 is 1.44 bits per heavy atom. The molecule has 25 heavy (non-hydrogen) atoms. The van der Waals surface area contributed by atoms with Crippen LogP contribution in [0.3, 0.4) is 0 Å². The molecule has 0 aromatic carbocycles. The summed E-state index contributed by atoms with van der Waals surface area (Å²) in [6.07, 6.45) is 5.57. The van der Waals surface area contributed by atoms with Gasteiger partial charge in [0.25, 0.3) is 5.91 Å². The van der Waals surface area contributed by atoms with Crippen LogP contribution < -0.4 is 5.32 Å². The van der Waals surface area contributed by atoms with Gasteiger partial charge in [0, 0.05) is 12.2 Å². The lowest BCUT2D eigenvalue weighted by Crippen LogP contribution is -2.39. The minimum absolute atomic E-state index is 0.0639. The first-order valence-electron chi connectivity index (χ1n) is 8.39. The van der Waals surface area contributed by atoms with Crippen LogP contribution >= 0.6 is 23.1 Å². The average Bonchev–Trinajstić information content (AvgIpc) is 3.27. The molecule has 2 aromatic rings. The summed E-state index contributed by atoms with van der Waals surface area (Å²) < 4.78 is 0.000961. The number of carbonyl (C=O) groups is 2. The number of aliphatic carboxylic acids is 1. The predicted octanol–water partition coefficient (Wildman–Crippen LogP) is 3.30. The molecule has 1 aliphatic carbocycles. The largest absolute Gasteiger partial charge is 0.480 e. The molecule has 1 aliphatic heterocycles. The van der Waals surface area contributed by atoms with Crippen molar-refractivity contribution in [1.82, 2.24) is 15.5 Å². The van der Waals surface area contributed by atoms with Gasteiger partial charge < -0.3 is 10.4 Å². The van der Waals surface area contributed by atoms with Crippen LogP contribution in [-0.2, 0) is 11.2 Å². The van der Waals surface area contributed by atoms with Crippen LogP contribution in [0, 0.1) is 0 Å². The van der Waals surface area contributed by atoms with Crippen LogP contribution in [0.4, 0.5) is 0 Å². The molecule has 132 valence electrons. The number of hydrogen-bond donors (Lipinski definition) is 3. The number of carboxylic acid groups (broad SMARTS) is 1. The Labute approximate surface area is 153 Å². The monoisotopic (exact) mass is 377 g/mol. The van der Waals surface area contributed by atoms with Crippen LogP contribution in [0.5, 0.6) is 0 Å². The van der Waals surface area contributed by atoms with Crippen molar-refractivity contribution in [3.8, 4) is 10.6 Å². The molecule has 3 heterocycles. The molecule has 1 saturated carbocycles. The van der Waals surface area contributed by atoms with Gasteiger partial charge in [0.1, 0.15) is 4.75 Å². The fourth-order valence-corrected chi connectivity index (χ4v) is 6.86. The van der Waals surface area contributed by atoms with Crippen LogP contribution in [0.2, 0.25) is 0 Å². The summed E-state index contributed by atoms with van der Waals surface area (Å²) in [4.78, 5) is 25.6. The number of aromatic amines is 1. The number of thiophene rings is 1. The van der Waals surface area contributed by atoms with E-state index in [-0.39, 0.29) is 11.9 Å². The Morgan fingerprint density at radius 3 is 2.84 bits per heavy atom. The quantitative estimate of drug-likeness (QED) is 0.760. The zero-order valence-corrected chi connectivity index (χ0v) is 15.4. The van der Waals surface area contributed by atoms with Crippen LogP contribution in [-0.4, -0.2) is 38.0 Å². The number of thioether (sulfide) groups is 1. The zero-order valence-electron chi connectivity index (χ0n) is 13.8. The first-order chi connectivity index (χ1) is 12.0. The van der Waals surface area contributed by atoms with E-state index >= 15 is 0 Å². The van der Waals surface area contributed by atoms with E-state index in [9.17, 15) is 14.7 Å². The van der Waals surface area contributed by atoms with Crippen molar-refractivity contribution in [2.45, 2.75) is 54.0 Å². The lowest BCUT2D eigenvalue weighted by atomic mass is 9.97. The van der Waals surface area contributed by atoms with Gasteiger partial charge in [-0.2, -0.15) is 5.10 Å². The number of nitrogens with one attached hydrogen (secondary N) is 2. The number of H-pyrrole nitrogens is 1. The molecule has 6 nitrogen and oxygen atoms in total. The maximum Gasteiger partial charge on any atom is 0.320 e. The number of amides is 1. The summed E-state index contributed by atoms with van der Waals surface area (Å²) in [6.45, 7) is 1.98. The Balaban J connectivity index is 1.82. The molecule has 0 saturated heterocycles. The van der Waals surface area contributed by atoms with Gasteiger partial charge in [0.2, 0.25) is 0 Å². The first-order valence-corrected chi connectivity index (χ1v) is 10.0. The van der Waals surface area contributed by atoms with Gasteiger partial charge in [-0.05, 0) is 37.8 Å². The van der Waals surface area contributed by atoms with Crippen LogP contribution in [0.25, 0.3) is 10.6 Å². The van der Waals surface area contributed by atoms with Gasteiger partial charge >= 0.3 is 5.97 Å². The van der Waals surface area contributed by atoms with Gasteiger partial charge in [-0.25, -0.2) is 0 Å². The molecule has 1 amide bonds. The summed E-state index contributed by atoms with van der Waals surface area (Å²) in [5, 5.41) is 19.8. The van der Waals surface area contributed by atoms with Gasteiger partial charge in [-0.15, -0.1) is 11.3 Å². The predicted molar refractivity (Wildman–Crippen MR) is 97.2 cm³/mol. The molecule has 2 aliphatic rings. The van der Waals surface area contributed by atoms with Crippen molar-refractivity contribution in [3.05, 3.63) is 23.4 Å². The van der Waals surface area contributed by atoms with E-state index in [0.717, 1.165) is 39.6 Å². The Hall–Kier alpha value is -1.80. The lowest BCUT2D eigenvalue weighted by molar-refractivity contribution is -0.139. The third kappa shape index (κ3) is 2.77. The Morgan fingerprint density at radius 2 is 2.20 bits per heavy atom. The standard InChI is InChI=1S/C17H19N3O3S2/c1-9-8-10-12(14(21)19-9)15(24-13(10)11-4-7-18-20-11)25-17(16(22)23)5-2-3-6-17/h4,7,9H,2-3,5-6,8H2,1H3,(H,18,20)(H,19,21)(H,22,23). The number of fused-ring (bicyclic) bond motifs is 1. The van der Waals surface area contributed by atoms with Gasteiger partial charge in [0.15, 0.2) is 0 Å². The maximum absolute atomic E-state index is 12.7. The molecule has 2 aromatic heterocycles. The average molecular weight is 377 g/mol. The molecule has 1 atom stereocenters. The normalized spacial score (nSPS) is 21.8. The van der Waals surface area contributed by atoms with Gasteiger partial charge in [0.05, 0.1) is 20.3 Å². The molecule has 8 heteroatoms. The third-order valence-electron chi connectivity index (χ3n) is 4.92. The smallest absolute Gasteiger partial charge is 0.320 e. The van der Waals surface area contributed by atoms with Crippen LogP contribution in [0.15, 0.2) is 16.5 Å². The van der Waals surface area contributed by atoms with Crippen molar-refractivity contribution >= 4 is 35.0 Å². The van der Waals surface area contributed by atoms with Crippen molar-refractivity contribution in [2.75, 3.05) is 0 Å². The molecule has 0 spiro atoms. The minimum Gasteiger partial charge on any atom is -0.480 e. The van der Waals surface area contributed by atoms with Crippen molar-refractivity contribution < 1.29 is 14.7 Å². The second-order valence-electron chi connectivity index (χ2n) is 6.73. The van der Waals surface area contributed by atoms with Gasteiger partial charge in [-0.1, -0.05) is 24.6 Å². The molecular weight excluding hydrogens is 358 g/mol. The number of rotatable bonds is 4. The van der Waals surface area contributed by atoms with Gasteiger partial charge in [-0.3, -0.25) is 14.7 Å². The summed E-state index contributed by atoms with van der Waals surface area (Å²) in [5.41, 5.74) is 2.54. The fraction of sp³-hybridized carbons (Fsp3) is 0.471. The molecular formula is C17H19N3O3S2. The summed E-state index contributed by atoms with van der Waals surface area (Å²) in [5.74, 6) is -0.873. The number of carbonyl (C=O) groups excluding carboxylic acids is 1. The molecule has 0 bridgehead atoms. The van der Waals surface area contributed by atoms with Crippen LogP contribution in [0.1, 0.15) is 48.5 Å². The highest BCUT2D eigenvalue weighted by Crippen LogP contribution is 2.51. The number of aromatic nitrogens is 2. The molecule has 4 rings (SSSR count). The van der Waals surface area contributed by atoms with E-state index in [1.54, 1.807) is 6.20 Å². The van der Waals surface area contributed by atoms with E-state index < -0.39 is 10.7 Å². The molecule has 1 fully saturated rings. The zero-order chi connectivity index (χ0) is 17.6.